The van der Waals surface area contributed by atoms with Gasteiger partial charge in [0.15, 0.2) is 0 Å². The molecule has 11 heteroatoms. The van der Waals surface area contributed by atoms with Gasteiger partial charge in [-0.1, -0.05) is 36.4 Å². The molecule has 0 bridgehead atoms. The van der Waals surface area contributed by atoms with Crippen molar-refractivity contribution in [1.29, 1.82) is 0 Å². The van der Waals surface area contributed by atoms with E-state index in [4.69, 9.17) is 19.4 Å². The van der Waals surface area contributed by atoms with Crippen LogP contribution in [0.2, 0.25) is 0 Å². The summed E-state index contributed by atoms with van der Waals surface area (Å²) in [6, 6.07) is 18.5. The zero-order valence-corrected chi connectivity index (χ0v) is 23.7. The van der Waals surface area contributed by atoms with Crippen LogP contribution in [0.5, 0.6) is 5.75 Å². The van der Waals surface area contributed by atoms with E-state index in [2.05, 4.69) is 27.1 Å². The normalized spacial score (nSPS) is 19.6. The van der Waals surface area contributed by atoms with Crippen molar-refractivity contribution in [2.45, 2.75) is 48.8 Å². The average Bonchev–Trinajstić information content (AvgIpc) is 3.37. The number of aliphatic hydroxyl groups excluding tert-OH is 1. The molecule has 3 heterocycles. The highest BCUT2D eigenvalue weighted by Crippen LogP contribution is 2.37. The summed E-state index contributed by atoms with van der Waals surface area (Å²) in [6.45, 7) is 4.64. The molecule has 40 heavy (non-hydrogen) atoms. The minimum atomic E-state index is -3.56. The number of nitrogens with zero attached hydrogens (tertiary/aromatic N) is 3. The fourth-order valence-corrected chi connectivity index (χ4v) is 6.06. The molecule has 10 nitrogen and oxygen atoms in total. The van der Waals surface area contributed by atoms with Crippen LogP contribution in [0.1, 0.15) is 25.0 Å². The van der Waals surface area contributed by atoms with Gasteiger partial charge in [-0.25, -0.2) is 23.1 Å². The van der Waals surface area contributed by atoms with Gasteiger partial charge in [0, 0.05) is 43.0 Å². The van der Waals surface area contributed by atoms with Crippen molar-refractivity contribution in [1.82, 2.24) is 20.0 Å². The molecule has 2 fully saturated rings. The third-order valence-electron chi connectivity index (χ3n) is 7.55. The predicted molar refractivity (Wildman–Crippen MR) is 153 cm³/mol. The van der Waals surface area contributed by atoms with Crippen molar-refractivity contribution in [3.63, 3.8) is 0 Å². The summed E-state index contributed by atoms with van der Waals surface area (Å²) in [7, 11) is -2.20. The highest BCUT2D eigenvalue weighted by atomic mass is 32.2. The number of hydrogen-bond acceptors (Lipinski definition) is 9. The number of hydrogen-bond donors (Lipinski definition) is 3. The molecule has 2 aliphatic rings. The Hall–Kier alpha value is -3.09. The second-order valence-electron chi connectivity index (χ2n) is 10.5. The smallest absolute Gasteiger partial charge is 0.240 e. The monoisotopic (exact) mass is 567 g/mol. The van der Waals surface area contributed by atoms with Crippen molar-refractivity contribution >= 4 is 16.0 Å². The summed E-state index contributed by atoms with van der Waals surface area (Å²) in [4.78, 5) is 11.9. The molecule has 1 spiro atoms. The number of rotatable bonds is 10. The number of aryl methyl sites for hydroxylation is 1. The Balaban J connectivity index is 1.09. The van der Waals surface area contributed by atoms with Gasteiger partial charge in [-0.15, -0.1) is 0 Å². The van der Waals surface area contributed by atoms with Gasteiger partial charge in [0.05, 0.1) is 22.8 Å². The van der Waals surface area contributed by atoms with Crippen LogP contribution in [0.25, 0.3) is 11.3 Å². The fraction of sp³-hybridized carbons (Fsp3) is 0.448. The predicted octanol–water partition coefficient (Wildman–Crippen LogP) is 2.52. The molecular formula is C29H37N5O5S. The third kappa shape index (κ3) is 6.79. The molecule has 0 amide bonds. The number of benzene rings is 2. The number of nitrogens with one attached hydrogen (secondary N) is 2. The van der Waals surface area contributed by atoms with Gasteiger partial charge >= 0.3 is 0 Å². The Labute approximate surface area is 235 Å². The molecule has 0 saturated carbocycles. The number of aromatic nitrogens is 2. The maximum atomic E-state index is 12.0. The van der Waals surface area contributed by atoms with E-state index in [1.807, 2.05) is 31.2 Å². The van der Waals surface area contributed by atoms with E-state index in [1.165, 1.54) is 19.2 Å². The van der Waals surface area contributed by atoms with E-state index >= 15 is 0 Å². The molecule has 0 aliphatic carbocycles. The van der Waals surface area contributed by atoms with Crippen LogP contribution in [0.15, 0.2) is 65.6 Å². The van der Waals surface area contributed by atoms with E-state index in [0.29, 0.717) is 18.9 Å². The summed E-state index contributed by atoms with van der Waals surface area (Å²) in [5.41, 5.74) is 2.78. The molecule has 2 aliphatic heterocycles. The van der Waals surface area contributed by atoms with E-state index in [1.54, 1.807) is 12.1 Å². The van der Waals surface area contributed by atoms with Gasteiger partial charge in [-0.3, -0.25) is 0 Å². The summed E-state index contributed by atoms with van der Waals surface area (Å²) < 4.78 is 38.2. The van der Waals surface area contributed by atoms with E-state index in [0.717, 1.165) is 55.3 Å². The maximum Gasteiger partial charge on any atom is 0.240 e. The lowest BCUT2D eigenvalue weighted by molar-refractivity contribution is -0.0152. The van der Waals surface area contributed by atoms with Gasteiger partial charge in [0.1, 0.15) is 18.5 Å². The SMILES string of the molecule is CNS(=O)(=O)c1cccc(OC[C@@H](O)CNC2COC3(CCN(c4nc(C)cc(-c5ccccc5)n4)CC3)C2)c1. The highest BCUT2D eigenvalue weighted by molar-refractivity contribution is 7.89. The van der Waals surface area contributed by atoms with Gasteiger partial charge in [0.25, 0.3) is 0 Å². The zero-order valence-electron chi connectivity index (χ0n) is 22.9. The Morgan fingerprint density at radius 1 is 1.12 bits per heavy atom. The van der Waals surface area contributed by atoms with Crippen molar-refractivity contribution in [2.75, 3.05) is 44.8 Å². The molecule has 5 rings (SSSR count). The number of anilines is 1. The van der Waals surface area contributed by atoms with Crippen LogP contribution in [0, 0.1) is 6.92 Å². The second kappa shape index (κ2) is 12.2. The Morgan fingerprint density at radius 2 is 1.90 bits per heavy atom. The quantitative estimate of drug-likeness (QED) is 0.339. The van der Waals surface area contributed by atoms with E-state index in [-0.39, 0.29) is 23.1 Å². The topological polar surface area (TPSA) is 126 Å². The Kier molecular flexibility index (Phi) is 8.67. The van der Waals surface area contributed by atoms with Crippen LogP contribution < -0.4 is 19.7 Å². The summed E-state index contributed by atoms with van der Waals surface area (Å²) in [5, 5.41) is 13.9. The lowest BCUT2D eigenvalue weighted by Crippen LogP contribution is -2.45. The van der Waals surface area contributed by atoms with Gasteiger partial charge in [0.2, 0.25) is 16.0 Å². The molecule has 1 unspecified atom stereocenters. The second-order valence-corrected chi connectivity index (χ2v) is 12.4. The number of ether oxygens (including phenoxy) is 2. The molecule has 3 aromatic rings. The Morgan fingerprint density at radius 3 is 2.65 bits per heavy atom. The zero-order chi connectivity index (χ0) is 28.2. The van der Waals surface area contributed by atoms with Crippen molar-refractivity contribution in [3.05, 3.63) is 66.4 Å². The van der Waals surface area contributed by atoms with Crippen molar-refractivity contribution < 1.29 is 23.0 Å². The first-order chi connectivity index (χ1) is 19.2. The molecule has 2 aromatic carbocycles. The molecule has 0 radical (unpaired) electrons. The summed E-state index contributed by atoms with van der Waals surface area (Å²) >= 11 is 0. The largest absolute Gasteiger partial charge is 0.491 e. The first-order valence-electron chi connectivity index (χ1n) is 13.6. The number of piperidine rings is 1. The van der Waals surface area contributed by atoms with E-state index < -0.39 is 16.1 Å². The van der Waals surface area contributed by atoms with Crippen LogP contribution in [-0.4, -0.2) is 81.1 Å². The van der Waals surface area contributed by atoms with Crippen molar-refractivity contribution in [2.24, 2.45) is 0 Å². The standard InChI is InChI=1S/C29H37N5O5S/c1-21-15-27(22-7-4-3-5-8-22)33-28(32-21)34-13-11-29(12-14-34)17-23(19-39-29)31-18-24(35)20-38-25-9-6-10-26(16-25)40(36,37)30-2/h3-10,15-16,23-24,30-31,35H,11-14,17-20H2,1-2H3/t23?,24-/m0/s1. The van der Waals surface area contributed by atoms with Crippen LogP contribution in [0.4, 0.5) is 5.95 Å². The maximum absolute atomic E-state index is 12.0. The Bertz CT molecular complexity index is 1400. The first kappa shape index (κ1) is 28.4. The lowest BCUT2D eigenvalue weighted by atomic mass is 9.87. The fourth-order valence-electron chi connectivity index (χ4n) is 5.29. The first-order valence-corrected chi connectivity index (χ1v) is 15.1. The van der Waals surface area contributed by atoms with E-state index in [9.17, 15) is 13.5 Å². The van der Waals surface area contributed by atoms with Crippen molar-refractivity contribution in [3.8, 4) is 17.0 Å². The summed E-state index contributed by atoms with van der Waals surface area (Å²) in [6.07, 6.45) is 1.91. The highest BCUT2D eigenvalue weighted by Gasteiger charge is 2.43. The minimum Gasteiger partial charge on any atom is -0.491 e. The van der Waals surface area contributed by atoms with Gasteiger partial charge in [-0.2, -0.15) is 0 Å². The molecule has 3 N–H and O–H groups in total. The lowest BCUT2D eigenvalue weighted by Gasteiger charge is -2.38. The molecule has 1 aromatic heterocycles. The van der Waals surface area contributed by atoms with Crippen LogP contribution in [-0.2, 0) is 14.8 Å². The average molecular weight is 568 g/mol. The molecular weight excluding hydrogens is 530 g/mol. The van der Waals surface area contributed by atoms with Gasteiger partial charge < -0.3 is 24.8 Å². The molecule has 2 atom stereocenters. The number of aliphatic hydroxyl groups is 1. The molecule has 214 valence electrons. The number of sulfonamides is 1. The minimum absolute atomic E-state index is 0.0468. The summed E-state index contributed by atoms with van der Waals surface area (Å²) in [5.74, 6) is 1.15. The third-order valence-corrected chi connectivity index (χ3v) is 8.96. The van der Waals surface area contributed by atoms with Crippen LogP contribution >= 0.6 is 0 Å². The van der Waals surface area contributed by atoms with Crippen LogP contribution in [0.3, 0.4) is 0 Å². The molecule has 2 saturated heterocycles. The van der Waals surface area contributed by atoms with Gasteiger partial charge in [-0.05, 0) is 51.4 Å².